The number of carbonyl (C=O) groups is 1. The number of hydrogen-bond donors (Lipinski definition) is 1. The van der Waals surface area contributed by atoms with Gasteiger partial charge in [0.05, 0.1) is 7.11 Å². The summed E-state index contributed by atoms with van der Waals surface area (Å²) in [4.78, 5) is 11.9. The molecule has 0 unspecified atom stereocenters. The molecule has 2 N–H and O–H groups in total. The van der Waals surface area contributed by atoms with Crippen molar-refractivity contribution in [2.45, 2.75) is 70.8 Å². The first-order valence-electron chi connectivity index (χ1n) is 7.35. The van der Waals surface area contributed by atoms with Crippen molar-refractivity contribution in [3.05, 3.63) is 0 Å². The minimum atomic E-state index is -0.777. The van der Waals surface area contributed by atoms with Crippen LogP contribution in [0.2, 0.25) is 0 Å². The number of carbonyl (C=O) groups excluding carboxylic acids is 1. The van der Waals surface area contributed by atoms with Crippen LogP contribution in [0.3, 0.4) is 0 Å². The van der Waals surface area contributed by atoms with E-state index in [1.807, 2.05) is 0 Å². The van der Waals surface area contributed by atoms with Crippen molar-refractivity contribution < 1.29 is 9.53 Å². The highest BCUT2D eigenvalue weighted by molar-refractivity contribution is 5.80. The molecule has 0 aromatic heterocycles. The molecule has 0 aromatic rings. The van der Waals surface area contributed by atoms with Gasteiger partial charge in [0, 0.05) is 0 Å². The van der Waals surface area contributed by atoms with Crippen LogP contribution >= 0.6 is 0 Å². The lowest BCUT2D eigenvalue weighted by molar-refractivity contribution is -0.148. The molecule has 0 aromatic carbocycles. The van der Waals surface area contributed by atoms with E-state index in [1.165, 1.54) is 39.2 Å². The van der Waals surface area contributed by atoms with Gasteiger partial charge < -0.3 is 10.5 Å². The van der Waals surface area contributed by atoms with E-state index in [0.29, 0.717) is 12.3 Å². The molecule has 1 aliphatic rings. The number of rotatable bonds is 6. The smallest absolute Gasteiger partial charge is 0.325 e. The van der Waals surface area contributed by atoms with Crippen molar-refractivity contribution in [2.24, 2.45) is 17.6 Å². The summed E-state index contributed by atoms with van der Waals surface area (Å²) in [5.41, 5.74) is 5.52. The molecule has 1 rings (SSSR count). The Balaban J connectivity index is 2.52. The average Bonchev–Trinajstić information content (AvgIpc) is 2.36. The first kappa shape index (κ1) is 15.5. The van der Waals surface area contributed by atoms with Gasteiger partial charge in [0.25, 0.3) is 0 Å². The van der Waals surface area contributed by atoms with Crippen LogP contribution in [-0.2, 0) is 9.53 Å². The van der Waals surface area contributed by atoms with Crippen LogP contribution in [0.1, 0.15) is 65.2 Å². The summed E-state index contributed by atoms with van der Waals surface area (Å²) in [7, 11) is 1.44. The van der Waals surface area contributed by atoms with Gasteiger partial charge in [0.1, 0.15) is 5.54 Å². The Bertz CT molecular complexity index is 259. The molecule has 0 bridgehead atoms. The topological polar surface area (TPSA) is 52.3 Å². The predicted molar refractivity (Wildman–Crippen MR) is 74.2 cm³/mol. The molecule has 0 aliphatic heterocycles. The summed E-state index contributed by atoms with van der Waals surface area (Å²) in [6.45, 7) is 4.20. The Morgan fingerprint density at radius 2 is 1.94 bits per heavy atom. The second-order valence-corrected chi connectivity index (χ2v) is 6.29. The second-order valence-electron chi connectivity index (χ2n) is 6.29. The first-order chi connectivity index (χ1) is 8.48. The summed E-state index contributed by atoms with van der Waals surface area (Å²) in [6.07, 6.45) is 9.20. The lowest BCUT2D eigenvalue weighted by atomic mass is 9.79. The molecular weight excluding hydrogens is 226 g/mol. The average molecular weight is 255 g/mol. The third-order valence-corrected chi connectivity index (χ3v) is 4.09. The fourth-order valence-electron chi connectivity index (χ4n) is 3.16. The second kappa shape index (κ2) is 7.13. The minimum Gasteiger partial charge on any atom is -0.468 e. The maximum atomic E-state index is 11.9. The first-order valence-corrected chi connectivity index (χ1v) is 7.35. The number of hydrogen-bond acceptors (Lipinski definition) is 3. The highest BCUT2D eigenvalue weighted by Gasteiger charge is 2.36. The van der Waals surface area contributed by atoms with Crippen LogP contribution in [-0.4, -0.2) is 18.6 Å². The number of methoxy groups -OCH3 is 1. The van der Waals surface area contributed by atoms with Gasteiger partial charge in [-0.05, 0) is 31.1 Å². The van der Waals surface area contributed by atoms with Gasteiger partial charge in [-0.1, -0.05) is 46.0 Å². The van der Waals surface area contributed by atoms with Crippen LogP contribution in [0.25, 0.3) is 0 Å². The molecule has 0 spiro atoms. The maximum absolute atomic E-state index is 11.9. The zero-order valence-corrected chi connectivity index (χ0v) is 12.2. The summed E-state index contributed by atoms with van der Waals surface area (Å²) >= 11 is 0. The van der Waals surface area contributed by atoms with E-state index >= 15 is 0 Å². The molecule has 18 heavy (non-hydrogen) atoms. The summed E-state index contributed by atoms with van der Waals surface area (Å²) < 4.78 is 4.89. The van der Waals surface area contributed by atoms with Crippen LogP contribution in [0.15, 0.2) is 0 Å². The molecule has 3 heteroatoms. The SMILES string of the molecule is COC(=O)[C@](N)(CCC1CCCCC1)CC(C)C. The van der Waals surface area contributed by atoms with Crippen LogP contribution < -0.4 is 5.73 Å². The van der Waals surface area contributed by atoms with Crippen LogP contribution in [0.5, 0.6) is 0 Å². The zero-order chi connectivity index (χ0) is 13.6. The molecular formula is C15H29NO2. The van der Waals surface area contributed by atoms with Gasteiger partial charge in [0.15, 0.2) is 0 Å². The number of nitrogens with two attached hydrogens (primary N) is 1. The monoisotopic (exact) mass is 255 g/mol. The molecule has 1 aliphatic carbocycles. The Kier molecular flexibility index (Phi) is 6.13. The third kappa shape index (κ3) is 4.60. The number of ether oxygens (including phenoxy) is 1. The maximum Gasteiger partial charge on any atom is 0.325 e. The van der Waals surface area contributed by atoms with E-state index in [2.05, 4.69) is 13.8 Å². The summed E-state index contributed by atoms with van der Waals surface area (Å²) in [6, 6.07) is 0. The van der Waals surface area contributed by atoms with Crippen LogP contribution in [0.4, 0.5) is 0 Å². The van der Waals surface area contributed by atoms with Crippen molar-refractivity contribution in [1.29, 1.82) is 0 Å². The van der Waals surface area contributed by atoms with Gasteiger partial charge in [-0.25, -0.2) is 0 Å². The molecule has 1 atom stereocenters. The summed E-state index contributed by atoms with van der Waals surface area (Å²) in [5.74, 6) is 0.936. The Labute approximate surface area is 111 Å². The molecule has 0 radical (unpaired) electrons. The van der Waals surface area contributed by atoms with Gasteiger partial charge >= 0.3 is 5.97 Å². The molecule has 0 saturated heterocycles. The van der Waals surface area contributed by atoms with Crippen molar-refractivity contribution >= 4 is 5.97 Å². The van der Waals surface area contributed by atoms with E-state index in [4.69, 9.17) is 10.5 Å². The van der Waals surface area contributed by atoms with Crippen molar-refractivity contribution in [2.75, 3.05) is 7.11 Å². The normalized spacial score (nSPS) is 20.7. The molecule has 3 nitrogen and oxygen atoms in total. The van der Waals surface area contributed by atoms with Gasteiger partial charge in [-0.2, -0.15) is 0 Å². The van der Waals surface area contributed by atoms with E-state index in [0.717, 1.165) is 18.8 Å². The minimum absolute atomic E-state index is 0.244. The van der Waals surface area contributed by atoms with Gasteiger partial charge in [-0.15, -0.1) is 0 Å². The van der Waals surface area contributed by atoms with E-state index < -0.39 is 5.54 Å². The Hall–Kier alpha value is -0.570. The predicted octanol–water partition coefficient (Wildman–Crippen LogP) is 3.26. The lowest BCUT2D eigenvalue weighted by Crippen LogP contribution is -2.50. The fourth-order valence-corrected chi connectivity index (χ4v) is 3.16. The van der Waals surface area contributed by atoms with Crippen LogP contribution in [0, 0.1) is 11.8 Å². The van der Waals surface area contributed by atoms with Crippen molar-refractivity contribution in [3.63, 3.8) is 0 Å². The van der Waals surface area contributed by atoms with E-state index in [1.54, 1.807) is 0 Å². The highest BCUT2D eigenvalue weighted by atomic mass is 16.5. The Morgan fingerprint density at radius 1 is 1.33 bits per heavy atom. The Morgan fingerprint density at radius 3 is 2.44 bits per heavy atom. The quantitative estimate of drug-likeness (QED) is 0.741. The lowest BCUT2D eigenvalue weighted by Gasteiger charge is -2.31. The molecule has 1 saturated carbocycles. The summed E-state index contributed by atoms with van der Waals surface area (Å²) in [5, 5.41) is 0. The molecule has 0 heterocycles. The largest absolute Gasteiger partial charge is 0.468 e. The standard InChI is InChI=1S/C15H29NO2/c1-12(2)11-15(16,14(17)18-3)10-9-13-7-5-4-6-8-13/h12-13H,4-11,16H2,1-3H3/t15-/m0/s1. The molecule has 0 amide bonds. The van der Waals surface area contributed by atoms with E-state index in [9.17, 15) is 4.79 Å². The van der Waals surface area contributed by atoms with Crippen molar-refractivity contribution in [3.8, 4) is 0 Å². The molecule has 1 fully saturated rings. The highest BCUT2D eigenvalue weighted by Crippen LogP contribution is 2.31. The van der Waals surface area contributed by atoms with Crippen molar-refractivity contribution in [1.82, 2.24) is 0 Å². The third-order valence-electron chi connectivity index (χ3n) is 4.09. The van der Waals surface area contributed by atoms with E-state index in [-0.39, 0.29) is 5.97 Å². The van der Waals surface area contributed by atoms with Gasteiger partial charge in [-0.3, -0.25) is 4.79 Å². The zero-order valence-electron chi connectivity index (χ0n) is 12.2. The fraction of sp³-hybridized carbons (Fsp3) is 0.933. The number of esters is 1. The van der Waals surface area contributed by atoms with Gasteiger partial charge in [0.2, 0.25) is 0 Å². The molecule has 106 valence electrons.